The Morgan fingerprint density at radius 1 is 1.27 bits per heavy atom. The number of aryl methyl sites for hydroxylation is 1. The van der Waals surface area contributed by atoms with Gasteiger partial charge >= 0.3 is 0 Å². The molecule has 3 rings (SSSR count). The van der Waals surface area contributed by atoms with Crippen molar-refractivity contribution in [3.8, 4) is 16.9 Å². The molecule has 3 heteroatoms. The van der Waals surface area contributed by atoms with E-state index >= 15 is 0 Å². The quantitative estimate of drug-likeness (QED) is 0.934. The summed E-state index contributed by atoms with van der Waals surface area (Å²) < 4.78 is 11.5. The number of hydrogen-bond donors (Lipinski definition) is 1. The third-order valence-electron chi connectivity index (χ3n) is 4.25. The molecular weight excluding hydrogens is 276 g/mol. The third-order valence-corrected chi connectivity index (χ3v) is 4.25. The molecule has 3 nitrogen and oxygen atoms in total. The largest absolute Gasteiger partial charge is 0.464 e. The van der Waals surface area contributed by atoms with Crippen LogP contribution in [-0.2, 0) is 17.8 Å². The Kier molecular flexibility index (Phi) is 4.19. The van der Waals surface area contributed by atoms with Crippen LogP contribution in [0.2, 0.25) is 0 Å². The lowest BCUT2D eigenvalue weighted by atomic mass is 9.90. The fraction of sp³-hybridized carbons (Fsp3) is 0.368. The molecule has 1 aliphatic rings. The van der Waals surface area contributed by atoms with E-state index < -0.39 is 0 Å². The van der Waals surface area contributed by atoms with Crippen LogP contribution in [0.15, 0.2) is 30.3 Å². The minimum absolute atomic E-state index is 0.0619. The SMILES string of the molecule is CCOC1Cc2c(cc(C)c(-c3cccc(CO)c3)c2C)O1. The minimum atomic E-state index is -0.169. The molecule has 0 aromatic heterocycles. The zero-order valence-electron chi connectivity index (χ0n) is 13.3. The van der Waals surface area contributed by atoms with Gasteiger partial charge in [0, 0.05) is 18.6 Å². The van der Waals surface area contributed by atoms with E-state index in [1.165, 1.54) is 22.3 Å². The highest BCUT2D eigenvalue weighted by atomic mass is 16.7. The monoisotopic (exact) mass is 298 g/mol. The number of aliphatic hydroxyl groups is 1. The standard InChI is InChI=1S/C19H22O3/c1-4-21-18-10-16-13(3)19(12(2)8-17(16)22-18)15-7-5-6-14(9-15)11-20/h5-9,18,20H,4,10-11H2,1-3H3. The molecule has 0 saturated carbocycles. The van der Waals surface area contributed by atoms with E-state index in [9.17, 15) is 5.11 Å². The van der Waals surface area contributed by atoms with Crippen LogP contribution in [0.25, 0.3) is 11.1 Å². The number of rotatable bonds is 4. The zero-order valence-corrected chi connectivity index (χ0v) is 13.3. The normalized spacial score (nSPS) is 16.5. The van der Waals surface area contributed by atoms with Crippen LogP contribution in [0, 0.1) is 13.8 Å². The number of aliphatic hydroxyl groups excluding tert-OH is 1. The van der Waals surface area contributed by atoms with E-state index in [0.29, 0.717) is 6.61 Å². The Morgan fingerprint density at radius 2 is 2.09 bits per heavy atom. The second kappa shape index (κ2) is 6.11. The van der Waals surface area contributed by atoms with Crippen molar-refractivity contribution in [3.63, 3.8) is 0 Å². The molecule has 22 heavy (non-hydrogen) atoms. The molecule has 1 heterocycles. The van der Waals surface area contributed by atoms with Gasteiger partial charge in [0.1, 0.15) is 5.75 Å². The maximum atomic E-state index is 9.36. The summed E-state index contributed by atoms with van der Waals surface area (Å²) >= 11 is 0. The highest BCUT2D eigenvalue weighted by Gasteiger charge is 2.27. The molecule has 1 unspecified atom stereocenters. The summed E-state index contributed by atoms with van der Waals surface area (Å²) in [6.07, 6.45) is 0.624. The van der Waals surface area contributed by atoms with E-state index in [1.54, 1.807) is 0 Å². The Morgan fingerprint density at radius 3 is 2.82 bits per heavy atom. The lowest BCUT2D eigenvalue weighted by Gasteiger charge is -2.14. The Hall–Kier alpha value is -1.84. The van der Waals surface area contributed by atoms with E-state index in [1.807, 2.05) is 19.1 Å². The molecule has 0 saturated heterocycles. The molecule has 2 aromatic carbocycles. The van der Waals surface area contributed by atoms with Crippen LogP contribution in [0.3, 0.4) is 0 Å². The second-order valence-corrected chi connectivity index (χ2v) is 5.74. The highest BCUT2D eigenvalue weighted by Crippen LogP contribution is 2.39. The predicted octanol–water partition coefficient (Wildman–Crippen LogP) is 3.76. The molecule has 116 valence electrons. The van der Waals surface area contributed by atoms with Crippen LogP contribution in [-0.4, -0.2) is 18.0 Å². The lowest BCUT2D eigenvalue weighted by molar-refractivity contribution is -0.0602. The molecule has 1 N–H and O–H groups in total. The van der Waals surface area contributed by atoms with Crippen molar-refractivity contribution in [2.75, 3.05) is 6.61 Å². The van der Waals surface area contributed by atoms with Gasteiger partial charge in [-0.2, -0.15) is 0 Å². The Labute approximate surface area is 131 Å². The van der Waals surface area contributed by atoms with Crippen LogP contribution >= 0.6 is 0 Å². The number of hydrogen-bond acceptors (Lipinski definition) is 3. The Bertz CT molecular complexity index is 691. The van der Waals surface area contributed by atoms with Gasteiger partial charge < -0.3 is 14.6 Å². The zero-order chi connectivity index (χ0) is 15.7. The molecular formula is C19H22O3. The second-order valence-electron chi connectivity index (χ2n) is 5.74. The van der Waals surface area contributed by atoms with Gasteiger partial charge in [-0.3, -0.25) is 0 Å². The first-order valence-corrected chi connectivity index (χ1v) is 7.75. The van der Waals surface area contributed by atoms with Crippen molar-refractivity contribution in [1.82, 2.24) is 0 Å². The first-order chi connectivity index (χ1) is 10.6. The van der Waals surface area contributed by atoms with E-state index in [4.69, 9.17) is 9.47 Å². The number of ether oxygens (including phenoxy) is 2. The van der Waals surface area contributed by atoms with Crippen molar-refractivity contribution in [2.45, 2.75) is 40.1 Å². The topological polar surface area (TPSA) is 38.7 Å². The Balaban J connectivity index is 2.05. The van der Waals surface area contributed by atoms with Gasteiger partial charge in [0.05, 0.1) is 6.61 Å². The molecule has 1 atom stereocenters. The van der Waals surface area contributed by atoms with E-state index in [2.05, 4.69) is 32.0 Å². The van der Waals surface area contributed by atoms with E-state index in [0.717, 1.165) is 23.3 Å². The highest BCUT2D eigenvalue weighted by molar-refractivity contribution is 5.74. The summed E-state index contributed by atoms with van der Waals surface area (Å²) in [4.78, 5) is 0. The molecule has 0 spiro atoms. The van der Waals surface area contributed by atoms with Gasteiger partial charge in [0.15, 0.2) is 0 Å². The maximum absolute atomic E-state index is 9.36. The molecule has 1 aliphatic heterocycles. The molecule has 2 aromatic rings. The lowest BCUT2D eigenvalue weighted by Crippen LogP contribution is -2.17. The van der Waals surface area contributed by atoms with Crippen molar-refractivity contribution in [1.29, 1.82) is 0 Å². The van der Waals surface area contributed by atoms with Crippen LogP contribution in [0.5, 0.6) is 5.75 Å². The van der Waals surface area contributed by atoms with Gasteiger partial charge in [-0.15, -0.1) is 0 Å². The van der Waals surface area contributed by atoms with Crippen LogP contribution < -0.4 is 4.74 Å². The minimum Gasteiger partial charge on any atom is -0.464 e. The summed E-state index contributed by atoms with van der Waals surface area (Å²) in [7, 11) is 0. The third kappa shape index (κ3) is 2.62. The summed E-state index contributed by atoms with van der Waals surface area (Å²) in [6.45, 7) is 6.95. The van der Waals surface area contributed by atoms with Gasteiger partial charge in [0.2, 0.25) is 6.29 Å². The van der Waals surface area contributed by atoms with Gasteiger partial charge in [0.25, 0.3) is 0 Å². The van der Waals surface area contributed by atoms with E-state index in [-0.39, 0.29) is 12.9 Å². The molecule has 0 aliphatic carbocycles. The number of benzene rings is 2. The van der Waals surface area contributed by atoms with Crippen LogP contribution in [0.1, 0.15) is 29.2 Å². The van der Waals surface area contributed by atoms with Crippen molar-refractivity contribution in [3.05, 3.63) is 52.6 Å². The fourth-order valence-corrected chi connectivity index (χ4v) is 3.24. The molecule has 0 radical (unpaired) electrons. The van der Waals surface area contributed by atoms with Crippen molar-refractivity contribution < 1.29 is 14.6 Å². The van der Waals surface area contributed by atoms with Crippen LogP contribution in [0.4, 0.5) is 0 Å². The van der Waals surface area contributed by atoms with Crippen molar-refractivity contribution in [2.24, 2.45) is 0 Å². The van der Waals surface area contributed by atoms with Gasteiger partial charge in [-0.05, 0) is 60.7 Å². The average Bonchev–Trinajstić information content (AvgIpc) is 2.91. The molecule has 0 amide bonds. The molecule has 0 bridgehead atoms. The summed E-state index contributed by atoms with van der Waals surface area (Å²) in [5, 5.41) is 9.36. The molecule has 0 fully saturated rings. The van der Waals surface area contributed by atoms with Gasteiger partial charge in [-0.1, -0.05) is 18.2 Å². The first-order valence-electron chi connectivity index (χ1n) is 7.75. The van der Waals surface area contributed by atoms with Crippen molar-refractivity contribution >= 4 is 0 Å². The first kappa shape index (κ1) is 15.1. The number of fused-ring (bicyclic) bond motifs is 1. The average molecular weight is 298 g/mol. The predicted molar refractivity (Wildman–Crippen MR) is 87.0 cm³/mol. The van der Waals surface area contributed by atoms with Gasteiger partial charge in [-0.25, -0.2) is 0 Å². The summed E-state index contributed by atoms with van der Waals surface area (Å²) in [5.74, 6) is 0.940. The summed E-state index contributed by atoms with van der Waals surface area (Å²) in [5.41, 5.74) is 6.96. The maximum Gasteiger partial charge on any atom is 0.204 e. The smallest absolute Gasteiger partial charge is 0.204 e. The summed E-state index contributed by atoms with van der Waals surface area (Å²) in [6, 6.07) is 10.2. The fourth-order valence-electron chi connectivity index (χ4n) is 3.24.